The van der Waals surface area contributed by atoms with Crippen molar-refractivity contribution in [2.75, 3.05) is 5.75 Å². The maximum atomic E-state index is 11.6. The Labute approximate surface area is 131 Å². The van der Waals surface area contributed by atoms with Crippen LogP contribution in [0.5, 0.6) is 0 Å². The molecule has 2 N–H and O–H groups in total. The fourth-order valence-corrected chi connectivity index (χ4v) is 2.14. The Bertz CT molecular complexity index is 665. The Kier molecular flexibility index (Phi) is 5.21. The highest BCUT2D eigenvalue weighted by Gasteiger charge is 2.15. The van der Waals surface area contributed by atoms with Crippen molar-refractivity contribution in [3.05, 3.63) is 18.1 Å². The summed E-state index contributed by atoms with van der Waals surface area (Å²) in [6, 6.07) is 1.15. The number of nitrogens with one attached hydrogen (secondary N) is 2. The average molecular weight is 324 g/mol. The molecule has 0 fully saturated rings. The van der Waals surface area contributed by atoms with Crippen molar-refractivity contribution in [2.24, 2.45) is 0 Å². The molecule has 0 saturated heterocycles. The van der Waals surface area contributed by atoms with Gasteiger partial charge in [0.15, 0.2) is 0 Å². The molecule has 2 aromatic heterocycles. The molecule has 22 heavy (non-hydrogen) atoms. The van der Waals surface area contributed by atoms with Gasteiger partial charge in [0.05, 0.1) is 17.6 Å². The lowest BCUT2D eigenvalue weighted by Gasteiger charge is -2.08. The summed E-state index contributed by atoms with van der Waals surface area (Å²) >= 11 is 1.05. The number of amides is 3. The highest BCUT2D eigenvalue weighted by atomic mass is 32.2. The highest BCUT2D eigenvalue weighted by Crippen LogP contribution is 2.25. The Hall–Kier alpha value is -2.29. The summed E-state index contributed by atoms with van der Waals surface area (Å²) in [6.07, 6.45) is 1.53. The van der Waals surface area contributed by atoms with Gasteiger partial charge in [-0.15, -0.1) is 10.2 Å². The number of hydrogen-bond donors (Lipinski definition) is 2. The molecular weight excluding hydrogens is 308 g/mol. The van der Waals surface area contributed by atoms with Crippen LogP contribution in [0.15, 0.2) is 26.4 Å². The lowest BCUT2D eigenvalue weighted by atomic mass is 10.3. The number of rotatable bonds is 5. The predicted octanol–water partition coefficient (Wildman–Crippen LogP) is 1.96. The summed E-state index contributed by atoms with van der Waals surface area (Å²) in [5.41, 5.74) is 0.708. The zero-order valence-electron chi connectivity index (χ0n) is 12.4. The minimum Gasteiger partial charge on any atom is -0.469 e. The number of carbonyl (C=O) groups is 2. The predicted molar refractivity (Wildman–Crippen MR) is 79.3 cm³/mol. The zero-order chi connectivity index (χ0) is 16.1. The number of furan rings is 1. The number of thioether (sulfide) groups is 1. The molecule has 0 bridgehead atoms. The SMILES string of the molecule is Cc1occc1-c1nnc(SCC(=O)NC(=O)NC(C)C)o1. The van der Waals surface area contributed by atoms with Crippen LogP contribution in [0, 0.1) is 6.92 Å². The first-order valence-corrected chi connectivity index (χ1v) is 7.55. The molecule has 0 aromatic carbocycles. The van der Waals surface area contributed by atoms with E-state index in [1.54, 1.807) is 26.8 Å². The van der Waals surface area contributed by atoms with E-state index in [9.17, 15) is 9.59 Å². The molecule has 9 heteroatoms. The summed E-state index contributed by atoms with van der Waals surface area (Å²) in [4.78, 5) is 23.0. The minimum absolute atomic E-state index is 0.00246. The molecular formula is C13H16N4O4S. The Morgan fingerprint density at radius 2 is 2.14 bits per heavy atom. The standard InChI is InChI=1S/C13H16N4O4S/c1-7(2)14-12(19)15-10(18)6-22-13-17-16-11(21-13)9-4-5-20-8(9)3/h4-5,7H,6H2,1-3H3,(H2,14,15,18,19). The van der Waals surface area contributed by atoms with Gasteiger partial charge >= 0.3 is 6.03 Å². The van der Waals surface area contributed by atoms with E-state index in [2.05, 4.69) is 20.8 Å². The molecule has 0 aliphatic carbocycles. The van der Waals surface area contributed by atoms with Gasteiger partial charge in [-0.3, -0.25) is 10.1 Å². The van der Waals surface area contributed by atoms with Crippen LogP contribution >= 0.6 is 11.8 Å². The summed E-state index contributed by atoms with van der Waals surface area (Å²) in [6.45, 7) is 5.39. The first kappa shape index (κ1) is 16.1. The monoisotopic (exact) mass is 324 g/mol. The second-order valence-corrected chi connectivity index (χ2v) is 5.66. The van der Waals surface area contributed by atoms with Crippen molar-refractivity contribution in [1.29, 1.82) is 0 Å². The molecule has 118 valence electrons. The van der Waals surface area contributed by atoms with Crippen molar-refractivity contribution in [3.8, 4) is 11.5 Å². The number of aromatic nitrogens is 2. The fraction of sp³-hybridized carbons (Fsp3) is 0.385. The lowest BCUT2D eigenvalue weighted by Crippen LogP contribution is -2.43. The smallest absolute Gasteiger partial charge is 0.321 e. The van der Waals surface area contributed by atoms with Gasteiger partial charge in [0.2, 0.25) is 5.91 Å². The van der Waals surface area contributed by atoms with Crippen molar-refractivity contribution in [1.82, 2.24) is 20.8 Å². The third kappa shape index (κ3) is 4.35. The van der Waals surface area contributed by atoms with Crippen molar-refractivity contribution in [3.63, 3.8) is 0 Å². The number of nitrogens with zero attached hydrogens (tertiary/aromatic N) is 2. The molecule has 2 rings (SSSR count). The lowest BCUT2D eigenvalue weighted by molar-refractivity contribution is -0.117. The van der Waals surface area contributed by atoms with E-state index >= 15 is 0 Å². The van der Waals surface area contributed by atoms with Crippen molar-refractivity contribution in [2.45, 2.75) is 32.0 Å². The number of imide groups is 1. The van der Waals surface area contributed by atoms with Crippen LogP contribution in [0.25, 0.3) is 11.5 Å². The summed E-state index contributed by atoms with van der Waals surface area (Å²) in [5.74, 6) is 0.551. The summed E-state index contributed by atoms with van der Waals surface area (Å²) in [7, 11) is 0. The molecule has 2 aromatic rings. The molecule has 0 aliphatic rings. The van der Waals surface area contributed by atoms with Crippen molar-refractivity contribution >= 4 is 23.7 Å². The summed E-state index contributed by atoms with van der Waals surface area (Å²) in [5, 5.41) is 12.7. The minimum atomic E-state index is -0.527. The number of aryl methyl sites for hydroxylation is 1. The van der Waals surface area contributed by atoms with Crippen LogP contribution in [-0.2, 0) is 4.79 Å². The second-order valence-electron chi connectivity index (χ2n) is 4.73. The van der Waals surface area contributed by atoms with Crippen LogP contribution in [0.2, 0.25) is 0 Å². The van der Waals surface area contributed by atoms with Gasteiger partial charge in [0.25, 0.3) is 11.1 Å². The van der Waals surface area contributed by atoms with Crippen LogP contribution in [-0.4, -0.2) is 33.9 Å². The third-order valence-electron chi connectivity index (χ3n) is 2.50. The topological polar surface area (TPSA) is 110 Å². The van der Waals surface area contributed by atoms with Gasteiger partial charge in [-0.05, 0) is 26.8 Å². The largest absolute Gasteiger partial charge is 0.469 e. The highest BCUT2D eigenvalue weighted by molar-refractivity contribution is 7.99. The van der Waals surface area contributed by atoms with E-state index in [1.165, 1.54) is 6.26 Å². The van der Waals surface area contributed by atoms with Gasteiger partial charge in [-0.2, -0.15) is 0 Å². The number of carbonyl (C=O) groups excluding carboxylic acids is 2. The average Bonchev–Trinajstić information content (AvgIpc) is 3.03. The van der Waals surface area contributed by atoms with Gasteiger partial charge in [-0.1, -0.05) is 11.8 Å². The van der Waals surface area contributed by atoms with E-state index < -0.39 is 11.9 Å². The second kappa shape index (κ2) is 7.12. The zero-order valence-corrected chi connectivity index (χ0v) is 13.2. The first-order chi connectivity index (χ1) is 10.5. The Balaban J connectivity index is 1.85. The molecule has 0 radical (unpaired) electrons. The Morgan fingerprint density at radius 3 is 2.77 bits per heavy atom. The fourth-order valence-electron chi connectivity index (χ4n) is 1.57. The number of hydrogen-bond acceptors (Lipinski definition) is 7. The summed E-state index contributed by atoms with van der Waals surface area (Å²) < 4.78 is 10.6. The van der Waals surface area contributed by atoms with E-state index in [0.717, 1.165) is 11.8 Å². The van der Waals surface area contributed by atoms with Gasteiger partial charge < -0.3 is 14.2 Å². The van der Waals surface area contributed by atoms with Crippen LogP contribution < -0.4 is 10.6 Å². The molecule has 3 amide bonds. The van der Waals surface area contributed by atoms with Gasteiger partial charge in [0.1, 0.15) is 5.76 Å². The molecule has 0 unspecified atom stereocenters. The van der Waals surface area contributed by atoms with Gasteiger partial charge in [0, 0.05) is 6.04 Å². The van der Waals surface area contributed by atoms with E-state index in [1.807, 2.05) is 0 Å². The van der Waals surface area contributed by atoms with Crippen LogP contribution in [0.1, 0.15) is 19.6 Å². The van der Waals surface area contributed by atoms with Crippen molar-refractivity contribution < 1.29 is 18.4 Å². The van der Waals surface area contributed by atoms with Crippen LogP contribution in [0.3, 0.4) is 0 Å². The molecule has 0 spiro atoms. The maximum Gasteiger partial charge on any atom is 0.321 e. The molecule has 0 atom stereocenters. The first-order valence-electron chi connectivity index (χ1n) is 6.57. The van der Waals surface area contributed by atoms with E-state index in [-0.39, 0.29) is 17.0 Å². The molecule has 2 heterocycles. The normalized spacial score (nSPS) is 10.7. The quantitative estimate of drug-likeness (QED) is 0.809. The molecule has 8 nitrogen and oxygen atoms in total. The maximum absolute atomic E-state index is 11.6. The Morgan fingerprint density at radius 1 is 1.36 bits per heavy atom. The third-order valence-corrected chi connectivity index (χ3v) is 3.31. The van der Waals surface area contributed by atoms with Gasteiger partial charge in [-0.25, -0.2) is 4.79 Å². The van der Waals surface area contributed by atoms with Crippen LogP contribution in [0.4, 0.5) is 4.79 Å². The molecule has 0 aliphatic heterocycles. The van der Waals surface area contributed by atoms with E-state index in [0.29, 0.717) is 17.2 Å². The number of urea groups is 1. The molecule has 0 saturated carbocycles. The van der Waals surface area contributed by atoms with E-state index in [4.69, 9.17) is 8.83 Å².